The fourth-order valence-electron chi connectivity index (χ4n) is 3.37. The quantitative estimate of drug-likeness (QED) is 0.838. The van der Waals surface area contributed by atoms with Crippen molar-refractivity contribution in [2.24, 2.45) is 5.92 Å². The van der Waals surface area contributed by atoms with Crippen molar-refractivity contribution in [3.63, 3.8) is 0 Å². The highest BCUT2D eigenvalue weighted by molar-refractivity contribution is 5.85. The Morgan fingerprint density at radius 3 is 2.77 bits per heavy atom. The Morgan fingerprint density at radius 1 is 1.19 bits per heavy atom. The molecule has 2 aliphatic rings. The summed E-state index contributed by atoms with van der Waals surface area (Å²) in [4.78, 5) is 19.1. The van der Waals surface area contributed by atoms with Crippen LogP contribution in [0.25, 0.3) is 11.4 Å². The lowest BCUT2D eigenvalue weighted by molar-refractivity contribution is -0.134. The SMILES string of the molecule is Cl.O=C(CNCC1CC1)N1CCCCC1c1nc(-c2ccccc2)no1. The van der Waals surface area contributed by atoms with Crippen LogP contribution in [0.15, 0.2) is 34.9 Å². The number of halogens is 1. The molecule has 1 aliphatic heterocycles. The average Bonchev–Trinajstić information content (AvgIpc) is 3.35. The highest BCUT2D eigenvalue weighted by atomic mass is 35.5. The minimum absolute atomic E-state index is 0. The molecule has 1 N–H and O–H groups in total. The van der Waals surface area contributed by atoms with Gasteiger partial charge in [0.05, 0.1) is 6.54 Å². The van der Waals surface area contributed by atoms with Crippen LogP contribution in [0.4, 0.5) is 0 Å². The highest BCUT2D eigenvalue weighted by Crippen LogP contribution is 2.31. The third-order valence-corrected chi connectivity index (χ3v) is 4.99. The third-order valence-electron chi connectivity index (χ3n) is 4.99. The molecule has 0 spiro atoms. The van der Waals surface area contributed by atoms with Crippen molar-refractivity contribution in [3.05, 3.63) is 36.2 Å². The standard InChI is InChI=1S/C19H24N4O2.ClH/c24-17(13-20-12-14-9-10-14)23-11-5-4-8-16(23)19-21-18(22-25-19)15-6-2-1-3-7-15;/h1-3,6-7,14,16,20H,4-5,8-13H2;1H. The number of aromatic nitrogens is 2. The van der Waals surface area contributed by atoms with E-state index in [1.54, 1.807) is 0 Å². The molecule has 1 aromatic carbocycles. The van der Waals surface area contributed by atoms with E-state index in [0.717, 1.165) is 43.8 Å². The molecule has 1 aromatic heterocycles. The van der Waals surface area contributed by atoms with E-state index in [1.807, 2.05) is 35.2 Å². The number of hydrogen-bond donors (Lipinski definition) is 1. The van der Waals surface area contributed by atoms with Crippen molar-refractivity contribution in [2.45, 2.75) is 38.1 Å². The molecule has 1 saturated carbocycles. The topological polar surface area (TPSA) is 71.3 Å². The van der Waals surface area contributed by atoms with E-state index < -0.39 is 0 Å². The predicted octanol–water partition coefficient (Wildman–Crippen LogP) is 3.21. The Hall–Kier alpha value is -1.92. The zero-order valence-corrected chi connectivity index (χ0v) is 15.6. The molecule has 1 unspecified atom stereocenters. The largest absolute Gasteiger partial charge is 0.337 e. The van der Waals surface area contributed by atoms with Gasteiger partial charge in [0.25, 0.3) is 0 Å². The molecule has 2 aromatic rings. The molecule has 2 fully saturated rings. The molecule has 1 saturated heterocycles. The van der Waals surface area contributed by atoms with Crippen LogP contribution in [0.5, 0.6) is 0 Å². The van der Waals surface area contributed by atoms with Crippen LogP contribution in [0.3, 0.4) is 0 Å². The van der Waals surface area contributed by atoms with E-state index >= 15 is 0 Å². The van der Waals surface area contributed by atoms with Crippen molar-refractivity contribution in [2.75, 3.05) is 19.6 Å². The Labute approximate surface area is 159 Å². The van der Waals surface area contributed by atoms with Gasteiger partial charge < -0.3 is 14.7 Å². The van der Waals surface area contributed by atoms with Crippen LogP contribution in [0, 0.1) is 5.92 Å². The highest BCUT2D eigenvalue weighted by Gasteiger charge is 2.32. The van der Waals surface area contributed by atoms with Crippen LogP contribution in [-0.4, -0.2) is 40.6 Å². The Morgan fingerprint density at radius 2 is 2.00 bits per heavy atom. The van der Waals surface area contributed by atoms with Gasteiger partial charge in [0.1, 0.15) is 6.04 Å². The van der Waals surface area contributed by atoms with Gasteiger partial charge in [0.15, 0.2) is 0 Å². The minimum atomic E-state index is -0.103. The maximum atomic E-state index is 12.6. The molecule has 6 nitrogen and oxygen atoms in total. The van der Waals surface area contributed by atoms with Crippen LogP contribution in [0.1, 0.15) is 44.0 Å². The van der Waals surface area contributed by atoms with Crippen LogP contribution in [-0.2, 0) is 4.79 Å². The molecule has 1 aliphatic carbocycles. The van der Waals surface area contributed by atoms with Crippen molar-refractivity contribution in [1.29, 1.82) is 0 Å². The maximum absolute atomic E-state index is 12.6. The second-order valence-corrected chi connectivity index (χ2v) is 7.00. The molecule has 0 bridgehead atoms. The van der Waals surface area contributed by atoms with Gasteiger partial charge in [-0.2, -0.15) is 4.98 Å². The van der Waals surface area contributed by atoms with Crippen LogP contribution < -0.4 is 5.32 Å². The first kappa shape index (κ1) is 18.9. The Balaban J connectivity index is 0.00000196. The van der Waals surface area contributed by atoms with E-state index in [-0.39, 0.29) is 24.4 Å². The van der Waals surface area contributed by atoms with E-state index in [9.17, 15) is 4.79 Å². The van der Waals surface area contributed by atoms with Gasteiger partial charge in [0, 0.05) is 12.1 Å². The lowest BCUT2D eigenvalue weighted by Crippen LogP contribution is -2.43. The zero-order valence-electron chi connectivity index (χ0n) is 14.8. The second-order valence-electron chi connectivity index (χ2n) is 7.00. The average molecular weight is 377 g/mol. The summed E-state index contributed by atoms with van der Waals surface area (Å²) in [5, 5.41) is 7.40. The lowest BCUT2D eigenvalue weighted by Gasteiger charge is -2.33. The first-order valence-electron chi connectivity index (χ1n) is 9.20. The number of nitrogens with zero attached hydrogens (tertiary/aromatic N) is 3. The summed E-state index contributed by atoms with van der Waals surface area (Å²) in [6, 6.07) is 9.68. The summed E-state index contributed by atoms with van der Waals surface area (Å²) >= 11 is 0. The number of benzene rings is 1. The molecule has 0 radical (unpaired) electrons. The summed E-state index contributed by atoms with van der Waals surface area (Å²) in [6.45, 7) is 2.10. The fourth-order valence-corrected chi connectivity index (χ4v) is 3.37. The van der Waals surface area contributed by atoms with Gasteiger partial charge in [-0.25, -0.2) is 0 Å². The van der Waals surface area contributed by atoms with E-state index in [1.165, 1.54) is 12.8 Å². The van der Waals surface area contributed by atoms with Gasteiger partial charge in [0.2, 0.25) is 17.6 Å². The van der Waals surface area contributed by atoms with Crippen LogP contribution in [0.2, 0.25) is 0 Å². The molecule has 1 amide bonds. The number of nitrogens with one attached hydrogen (secondary N) is 1. The van der Waals surface area contributed by atoms with E-state index in [2.05, 4.69) is 15.5 Å². The van der Waals surface area contributed by atoms with Gasteiger partial charge in [-0.15, -0.1) is 12.4 Å². The van der Waals surface area contributed by atoms with Crippen LogP contribution >= 0.6 is 12.4 Å². The van der Waals surface area contributed by atoms with Crippen molar-refractivity contribution in [3.8, 4) is 11.4 Å². The molecule has 26 heavy (non-hydrogen) atoms. The van der Waals surface area contributed by atoms with Gasteiger partial charge in [-0.3, -0.25) is 4.79 Å². The molecule has 2 heterocycles. The Bertz CT molecular complexity index is 717. The van der Waals surface area contributed by atoms with Crippen molar-refractivity contribution in [1.82, 2.24) is 20.4 Å². The molecule has 4 rings (SSSR count). The normalized spacial score (nSPS) is 19.8. The van der Waals surface area contributed by atoms with E-state index in [4.69, 9.17) is 4.52 Å². The molecular weight excluding hydrogens is 352 g/mol. The first-order valence-corrected chi connectivity index (χ1v) is 9.20. The molecule has 1 atom stereocenters. The number of rotatable bonds is 6. The van der Waals surface area contributed by atoms with Crippen molar-refractivity contribution >= 4 is 18.3 Å². The van der Waals surface area contributed by atoms with E-state index in [0.29, 0.717) is 18.3 Å². The molecule has 140 valence electrons. The number of amides is 1. The lowest BCUT2D eigenvalue weighted by atomic mass is 10.0. The molecule has 7 heteroatoms. The van der Waals surface area contributed by atoms with Crippen molar-refractivity contribution < 1.29 is 9.32 Å². The predicted molar refractivity (Wildman–Crippen MR) is 101 cm³/mol. The first-order chi connectivity index (χ1) is 12.3. The summed E-state index contributed by atoms with van der Waals surface area (Å²) in [7, 11) is 0. The van der Waals surface area contributed by atoms with Gasteiger partial charge >= 0.3 is 0 Å². The summed E-state index contributed by atoms with van der Waals surface area (Å²) < 4.78 is 5.52. The fraction of sp³-hybridized carbons (Fsp3) is 0.526. The second kappa shape index (κ2) is 8.64. The monoisotopic (exact) mass is 376 g/mol. The third kappa shape index (κ3) is 4.43. The number of carbonyl (C=O) groups excluding carboxylic acids is 1. The smallest absolute Gasteiger partial charge is 0.249 e. The zero-order chi connectivity index (χ0) is 17.1. The van der Waals surface area contributed by atoms with Gasteiger partial charge in [-0.1, -0.05) is 35.5 Å². The maximum Gasteiger partial charge on any atom is 0.249 e. The number of piperidine rings is 1. The summed E-state index contributed by atoms with van der Waals surface area (Å²) in [5.74, 6) is 2.04. The number of hydrogen-bond acceptors (Lipinski definition) is 5. The van der Waals surface area contributed by atoms with Gasteiger partial charge in [-0.05, 0) is 44.6 Å². The number of likely N-dealkylation sites (tertiary alicyclic amines) is 1. The summed E-state index contributed by atoms with van der Waals surface area (Å²) in [5.41, 5.74) is 0.928. The number of carbonyl (C=O) groups is 1. The molecular formula is C19H25ClN4O2. The minimum Gasteiger partial charge on any atom is -0.337 e. The Kier molecular flexibility index (Phi) is 6.27. The summed E-state index contributed by atoms with van der Waals surface area (Å²) in [6.07, 6.45) is 5.57.